The van der Waals surface area contributed by atoms with E-state index in [0.29, 0.717) is 5.56 Å². The molecule has 0 saturated carbocycles. The first kappa shape index (κ1) is 7.72. The molecule has 0 aromatic carbocycles. The van der Waals surface area contributed by atoms with Crippen molar-refractivity contribution < 1.29 is 9.13 Å². The smallest absolute Gasteiger partial charge is 0.223 e. The second-order valence-corrected chi connectivity index (χ2v) is 1.92. The lowest BCUT2D eigenvalue weighted by molar-refractivity contribution is 0.392. The lowest BCUT2D eigenvalue weighted by Gasteiger charge is -2.02. The van der Waals surface area contributed by atoms with Crippen molar-refractivity contribution in [3.63, 3.8) is 0 Å². The third-order valence-electron chi connectivity index (χ3n) is 1.30. The highest BCUT2D eigenvalue weighted by Gasteiger charge is 2.04. The summed E-state index contributed by atoms with van der Waals surface area (Å²) in [6.45, 7) is 3.44. The summed E-state index contributed by atoms with van der Waals surface area (Å²) in [6.07, 6.45) is 2.72. The first-order valence-electron chi connectivity index (χ1n) is 3.10. The lowest BCUT2D eigenvalue weighted by atomic mass is 10.2. The predicted molar refractivity (Wildman–Crippen MR) is 40.8 cm³/mol. The number of hydrogen-bond acceptors (Lipinski definition) is 2. The summed E-state index contributed by atoms with van der Waals surface area (Å²) in [6, 6.07) is 1.26. The van der Waals surface area contributed by atoms with Crippen LogP contribution in [-0.4, -0.2) is 12.1 Å². The Balaban J connectivity index is 3.24. The van der Waals surface area contributed by atoms with Crippen LogP contribution >= 0.6 is 0 Å². The van der Waals surface area contributed by atoms with Gasteiger partial charge >= 0.3 is 0 Å². The Morgan fingerprint density at radius 1 is 1.73 bits per heavy atom. The second-order valence-electron chi connectivity index (χ2n) is 1.92. The predicted octanol–water partition coefficient (Wildman–Crippen LogP) is 1.87. The van der Waals surface area contributed by atoms with Crippen LogP contribution in [-0.2, 0) is 0 Å². The molecule has 0 amide bonds. The molecule has 0 radical (unpaired) electrons. The summed E-state index contributed by atoms with van der Waals surface area (Å²) >= 11 is 0. The van der Waals surface area contributed by atoms with Gasteiger partial charge in [0, 0.05) is 6.20 Å². The number of ether oxygens (including phenoxy) is 1. The fourth-order valence-electron chi connectivity index (χ4n) is 0.779. The molecule has 0 fully saturated rings. The van der Waals surface area contributed by atoms with Crippen molar-refractivity contribution in [1.82, 2.24) is 4.98 Å². The number of pyridine rings is 1. The minimum Gasteiger partial charge on any atom is -0.480 e. The summed E-state index contributed by atoms with van der Waals surface area (Å²) < 4.78 is 17.6. The minimum atomic E-state index is -0.369. The standard InChI is InChI=1S/C8H8FNO/c1-3-6-7(9)4-5-10-8(6)11-2/h3-5H,1H2,2H3. The van der Waals surface area contributed by atoms with Gasteiger partial charge in [0.1, 0.15) is 5.82 Å². The number of hydrogen-bond donors (Lipinski definition) is 0. The number of halogens is 1. The molecular weight excluding hydrogens is 145 g/mol. The lowest BCUT2D eigenvalue weighted by Crippen LogP contribution is -1.92. The molecule has 0 unspecified atom stereocenters. The molecule has 0 spiro atoms. The molecule has 11 heavy (non-hydrogen) atoms. The topological polar surface area (TPSA) is 22.1 Å². The Kier molecular flexibility index (Phi) is 2.21. The molecule has 1 heterocycles. The van der Waals surface area contributed by atoms with Crippen molar-refractivity contribution in [1.29, 1.82) is 0 Å². The number of aromatic nitrogens is 1. The third-order valence-corrected chi connectivity index (χ3v) is 1.30. The van der Waals surface area contributed by atoms with Gasteiger partial charge in [-0.1, -0.05) is 12.7 Å². The van der Waals surface area contributed by atoms with Gasteiger partial charge in [0.05, 0.1) is 12.7 Å². The van der Waals surface area contributed by atoms with Gasteiger partial charge in [-0.25, -0.2) is 9.37 Å². The van der Waals surface area contributed by atoms with Gasteiger partial charge in [-0.15, -0.1) is 0 Å². The van der Waals surface area contributed by atoms with Crippen molar-refractivity contribution in [2.75, 3.05) is 7.11 Å². The quantitative estimate of drug-likeness (QED) is 0.647. The van der Waals surface area contributed by atoms with E-state index in [2.05, 4.69) is 11.6 Å². The largest absolute Gasteiger partial charge is 0.480 e. The van der Waals surface area contributed by atoms with Crippen molar-refractivity contribution in [3.8, 4) is 5.88 Å². The molecule has 1 aromatic heterocycles. The van der Waals surface area contributed by atoms with Crippen LogP contribution in [0, 0.1) is 5.82 Å². The van der Waals surface area contributed by atoms with Crippen molar-refractivity contribution >= 4 is 6.08 Å². The van der Waals surface area contributed by atoms with E-state index in [9.17, 15) is 4.39 Å². The van der Waals surface area contributed by atoms with E-state index < -0.39 is 0 Å². The molecule has 0 aliphatic heterocycles. The zero-order valence-electron chi connectivity index (χ0n) is 6.17. The molecular formula is C8H8FNO. The van der Waals surface area contributed by atoms with Crippen LogP contribution in [0.2, 0.25) is 0 Å². The van der Waals surface area contributed by atoms with E-state index in [1.54, 1.807) is 0 Å². The molecule has 0 aliphatic carbocycles. The highest BCUT2D eigenvalue weighted by atomic mass is 19.1. The summed E-state index contributed by atoms with van der Waals surface area (Å²) in [5.74, 6) is -0.105. The third kappa shape index (κ3) is 1.37. The Bertz CT molecular complexity index is 273. The van der Waals surface area contributed by atoms with E-state index >= 15 is 0 Å². The van der Waals surface area contributed by atoms with Crippen LogP contribution in [0.15, 0.2) is 18.8 Å². The molecule has 0 atom stereocenters. The Labute approximate surface area is 64.3 Å². The van der Waals surface area contributed by atoms with Gasteiger partial charge in [-0.05, 0) is 6.07 Å². The first-order chi connectivity index (χ1) is 5.29. The zero-order valence-corrected chi connectivity index (χ0v) is 6.17. The van der Waals surface area contributed by atoms with E-state index in [0.717, 1.165) is 0 Å². The molecule has 0 N–H and O–H groups in total. The molecule has 0 saturated heterocycles. The maximum Gasteiger partial charge on any atom is 0.223 e. The first-order valence-corrected chi connectivity index (χ1v) is 3.10. The summed E-state index contributed by atoms with van der Waals surface area (Å²) in [7, 11) is 1.44. The van der Waals surface area contributed by atoms with Crippen LogP contribution in [0.3, 0.4) is 0 Å². The van der Waals surface area contributed by atoms with Crippen LogP contribution in [0.4, 0.5) is 4.39 Å². The van der Waals surface area contributed by atoms with Gasteiger partial charge < -0.3 is 4.74 Å². The zero-order chi connectivity index (χ0) is 8.27. The molecule has 3 heteroatoms. The van der Waals surface area contributed by atoms with Crippen molar-refractivity contribution in [2.24, 2.45) is 0 Å². The second kappa shape index (κ2) is 3.14. The monoisotopic (exact) mass is 153 g/mol. The fraction of sp³-hybridized carbons (Fsp3) is 0.125. The normalized spacial score (nSPS) is 9.27. The van der Waals surface area contributed by atoms with Crippen LogP contribution in [0.5, 0.6) is 5.88 Å². The van der Waals surface area contributed by atoms with Crippen LogP contribution < -0.4 is 4.74 Å². The average molecular weight is 153 g/mol. The maximum absolute atomic E-state index is 12.8. The summed E-state index contributed by atoms with van der Waals surface area (Å²) in [5, 5.41) is 0. The average Bonchev–Trinajstić information content (AvgIpc) is 2.04. The number of methoxy groups -OCH3 is 1. The SMILES string of the molecule is C=Cc1c(F)ccnc1OC. The maximum atomic E-state index is 12.8. The van der Waals surface area contributed by atoms with Gasteiger partial charge in [-0.3, -0.25) is 0 Å². The molecule has 2 nitrogen and oxygen atoms in total. The molecule has 1 rings (SSSR count). The molecule has 1 aromatic rings. The van der Waals surface area contributed by atoms with Gasteiger partial charge in [0.15, 0.2) is 0 Å². The van der Waals surface area contributed by atoms with Crippen molar-refractivity contribution in [2.45, 2.75) is 0 Å². The van der Waals surface area contributed by atoms with Gasteiger partial charge in [0.2, 0.25) is 5.88 Å². The summed E-state index contributed by atoms with van der Waals surface area (Å²) in [5.41, 5.74) is 0.301. The van der Waals surface area contributed by atoms with Crippen LogP contribution in [0.1, 0.15) is 5.56 Å². The fourth-order valence-corrected chi connectivity index (χ4v) is 0.779. The van der Waals surface area contributed by atoms with E-state index in [1.807, 2.05) is 0 Å². The molecule has 0 aliphatic rings. The Morgan fingerprint density at radius 3 is 2.91 bits per heavy atom. The highest BCUT2D eigenvalue weighted by Crippen LogP contribution is 2.18. The van der Waals surface area contributed by atoms with Gasteiger partial charge in [0.25, 0.3) is 0 Å². The van der Waals surface area contributed by atoms with E-state index in [-0.39, 0.29) is 11.7 Å². The molecule has 0 bridgehead atoms. The van der Waals surface area contributed by atoms with E-state index in [1.165, 1.54) is 25.4 Å². The number of nitrogens with zero attached hydrogens (tertiary/aromatic N) is 1. The Morgan fingerprint density at radius 2 is 2.45 bits per heavy atom. The summed E-state index contributed by atoms with van der Waals surface area (Å²) in [4.78, 5) is 3.80. The van der Waals surface area contributed by atoms with Crippen molar-refractivity contribution in [3.05, 3.63) is 30.2 Å². The Hall–Kier alpha value is -1.38. The number of rotatable bonds is 2. The van der Waals surface area contributed by atoms with E-state index in [4.69, 9.17) is 4.74 Å². The molecule has 58 valence electrons. The minimum absolute atomic E-state index is 0.264. The van der Waals surface area contributed by atoms with Crippen LogP contribution in [0.25, 0.3) is 6.08 Å². The van der Waals surface area contributed by atoms with Gasteiger partial charge in [-0.2, -0.15) is 0 Å². The highest BCUT2D eigenvalue weighted by molar-refractivity contribution is 5.53.